The molecule has 0 saturated carbocycles. The SMILES string of the molecule is CC(C)c1nc(N)cc(N2CCOc3ccccc3C2)n1. The highest BCUT2D eigenvalue weighted by Gasteiger charge is 2.18. The summed E-state index contributed by atoms with van der Waals surface area (Å²) in [4.78, 5) is 11.1. The van der Waals surface area contributed by atoms with Crippen molar-refractivity contribution in [3.8, 4) is 5.75 Å². The van der Waals surface area contributed by atoms with Crippen molar-refractivity contribution in [2.45, 2.75) is 26.3 Å². The van der Waals surface area contributed by atoms with Gasteiger partial charge in [-0.25, -0.2) is 9.97 Å². The van der Waals surface area contributed by atoms with Crippen LogP contribution in [-0.4, -0.2) is 23.1 Å². The molecular weight excluding hydrogens is 264 g/mol. The molecule has 0 atom stereocenters. The van der Waals surface area contributed by atoms with Crippen LogP contribution in [0, 0.1) is 0 Å². The van der Waals surface area contributed by atoms with Gasteiger partial charge in [0.15, 0.2) is 0 Å². The lowest BCUT2D eigenvalue weighted by molar-refractivity contribution is 0.331. The van der Waals surface area contributed by atoms with Crippen LogP contribution in [0.5, 0.6) is 5.75 Å². The molecule has 1 aromatic carbocycles. The Morgan fingerprint density at radius 3 is 2.86 bits per heavy atom. The monoisotopic (exact) mass is 284 g/mol. The molecule has 110 valence electrons. The molecule has 5 heteroatoms. The van der Waals surface area contributed by atoms with Crippen LogP contribution in [0.25, 0.3) is 0 Å². The number of fused-ring (bicyclic) bond motifs is 1. The van der Waals surface area contributed by atoms with Gasteiger partial charge in [-0.15, -0.1) is 0 Å². The van der Waals surface area contributed by atoms with Crippen LogP contribution in [-0.2, 0) is 6.54 Å². The van der Waals surface area contributed by atoms with E-state index in [0.717, 1.165) is 30.5 Å². The molecule has 1 aromatic heterocycles. The van der Waals surface area contributed by atoms with Gasteiger partial charge in [0.1, 0.15) is 29.8 Å². The fraction of sp³-hybridized carbons (Fsp3) is 0.375. The summed E-state index contributed by atoms with van der Waals surface area (Å²) in [5.74, 6) is 3.37. The maximum atomic E-state index is 5.93. The Kier molecular flexibility index (Phi) is 3.64. The summed E-state index contributed by atoms with van der Waals surface area (Å²) in [5.41, 5.74) is 7.09. The zero-order valence-electron chi connectivity index (χ0n) is 12.4. The number of nitrogens with two attached hydrogens (primary N) is 1. The van der Waals surface area contributed by atoms with Gasteiger partial charge >= 0.3 is 0 Å². The van der Waals surface area contributed by atoms with Gasteiger partial charge in [-0.05, 0) is 6.07 Å². The highest BCUT2D eigenvalue weighted by atomic mass is 16.5. The Morgan fingerprint density at radius 2 is 2.05 bits per heavy atom. The lowest BCUT2D eigenvalue weighted by Crippen LogP contribution is -2.27. The summed E-state index contributed by atoms with van der Waals surface area (Å²) in [6.45, 7) is 6.32. The number of aromatic nitrogens is 2. The summed E-state index contributed by atoms with van der Waals surface area (Å²) in [6.07, 6.45) is 0. The van der Waals surface area contributed by atoms with E-state index >= 15 is 0 Å². The quantitative estimate of drug-likeness (QED) is 0.918. The van der Waals surface area contributed by atoms with Crippen LogP contribution in [0.1, 0.15) is 31.2 Å². The van der Waals surface area contributed by atoms with Crippen molar-refractivity contribution in [3.63, 3.8) is 0 Å². The van der Waals surface area contributed by atoms with E-state index in [1.165, 1.54) is 5.56 Å². The number of hydrogen-bond donors (Lipinski definition) is 1. The van der Waals surface area contributed by atoms with E-state index in [0.29, 0.717) is 12.4 Å². The average Bonchev–Trinajstić information content (AvgIpc) is 2.68. The van der Waals surface area contributed by atoms with E-state index < -0.39 is 0 Å². The Morgan fingerprint density at radius 1 is 1.24 bits per heavy atom. The predicted octanol–water partition coefficient (Wildman–Crippen LogP) is 2.58. The van der Waals surface area contributed by atoms with Crippen LogP contribution in [0.4, 0.5) is 11.6 Å². The van der Waals surface area contributed by atoms with Gasteiger partial charge in [0.2, 0.25) is 0 Å². The normalized spacial score (nSPS) is 14.5. The summed E-state index contributed by atoms with van der Waals surface area (Å²) in [6, 6.07) is 9.95. The Labute approximate surface area is 124 Å². The molecule has 0 spiro atoms. The van der Waals surface area contributed by atoms with Crippen molar-refractivity contribution < 1.29 is 4.74 Å². The highest BCUT2D eigenvalue weighted by molar-refractivity contribution is 5.49. The summed E-state index contributed by atoms with van der Waals surface area (Å²) in [5, 5.41) is 0. The Balaban J connectivity index is 1.94. The van der Waals surface area contributed by atoms with Gasteiger partial charge in [-0.2, -0.15) is 0 Å². The molecule has 0 radical (unpaired) electrons. The molecule has 1 aliphatic heterocycles. The van der Waals surface area contributed by atoms with Crippen LogP contribution < -0.4 is 15.4 Å². The molecule has 0 amide bonds. The van der Waals surface area contributed by atoms with E-state index in [2.05, 4.69) is 34.8 Å². The third kappa shape index (κ3) is 2.91. The maximum Gasteiger partial charge on any atom is 0.135 e. The topological polar surface area (TPSA) is 64.3 Å². The molecule has 1 aliphatic rings. The lowest BCUT2D eigenvalue weighted by Gasteiger charge is -2.22. The molecule has 0 aliphatic carbocycles. The third-order valence-electron chi connectivity index (χ3n) is 3.54. The number of nitrogens with zero attached hydrogens (tertiary/aromatic N) is 3. The summed E-state index contributed by atoms with van der Waals surface area (Å²) >= 11 is 0. The lowest BCUT2D eigenvalue weighted by atomic mass is 10.2. The number of rotatable bonds is 2. The van der Waals surface area contributed by atoms with Crippen molar-refractivity contribution >= 4 is 11.6 Å². The van der Waals surface area contributed by atoms with E-state index in [1.54, 1.807) is 0 Å². The first kappa shape index (κ1) is 13.7. The molecule has 3 rings (SSSR count). The van der Waals surface area contributed by atoms with Gasteiger partial charge in [0, 0.05) is 24.1 Å². The van der Waals surface area contributed by atoms with E-state index in [9.17, 15) is 0 Å². The molecule has 5 nitrogen and oxygen atoms in total. The van der Waals surface area contributed by atoms with Crippen LogP contribution in [0.15, 0.2) is 30.3 Å². The minimum absolute atomic E-state index is 0.253. The van der Waals surface area contributed by atoms with Crippen LogP contribution in [0.3, 0.4) is 0 Å². The van der Waals surface area contributed by atoms with Crippen molar-refractivity contribution in [2.24, 2.45) is 0 Å². The number of nitrogen functional groups attached to an aromatic ring is 1. The number of para-hydroxylation sites is 1. The molecule has 0 unspecified atom stereocenters. The number of benzene rings is 1. The second-order valence-corrected chi connectivity index (χ2v) is 5.54. The first-order valence-electron chi connectivity index (χ1n) is 7.23. The molecular formula is C16H20N4O. The molecule has 0 bridgehead atoms. The molecule has 2 N–H and O–H groups in total. The molecule has 2 aromatic rings. The van der Waals surface area contributed by atoms with Gasteiger partial charge in [-0.1, -0.05) is 32.0 Å². The summed E-state index contributed by atoms with van der Waals surface area (Å²) in [7, 11) is 0. The third-order valence-corrected chi connectivity index (χ3v) is 3.54. The second kappa shape index (κ2) is 5.60. The molecule has 21 heavy (non-hydrogen) atoms. The maximum absolute atomic E-state index is 5.93. The van der Waals surface area contributed by atoms with E-state index in [-0.39, 0.29) is 5.92 Å². The molecule has 2 heterocycles. The minimum Gasteiger partial charge on any atom is -0.491 e. The smallest absolute Gasteiger partial charge is 0.135 e. The number of ether oxygens (including phenoxy) is 1. The zero-order chi connectivity index (χ0) is 14.8. The fourth-order valence-corrected chi connectivity index (χ4v) is 2.41. The Bertz CT molecular complexity index is 642. The number of hydrogen-bond acceptors (Lipinski definition) is 5. The van der Waals surface area contributed by atoms with Crippen molar-refractivity contribution in [1.29, 1.82) is 0 Å². The predicted molar refractivity (Wildman–Crippen MR) is 83.5 cm³/mol. The minimum atomic E-state index is 0.253. The van der Waals surface area contributed by atoms with Gasteiger partial charge in [0.25, 0.3) is 0 Å². The van der Waals surface area contributed by atoms with Crippen molar-refractivity contribution in [2.75, 3.05) is 23.8 Å². The van der Waals surface area contributed by atoms with Crippen molar-refractivity contribution in [3.05, 3.63) is 41.7 Å². The highest BCUT2D eigenvalue weighted by Crippen LogP contribution is 2.26. The standard InChI is InChI=1S/C16H20N4O/c1-11(2)16-18-14(17)9-15(19-16)20-7-8-21-13-6-4-3-5-12(13)10-20/h3-6,9,11H,7-8,10H2,1-2H3,(H2,17,18,19). The first-order valence-corrected chi connectivity index (χ1v) is 7.23. The average molecular weight is 284 g/mol. The fourth-order valence-electron chi connectivity index (χ4n) is 2.41. The van der Waals surface area contributed by atoms with E-state index in [4.69, 9.17) is 10.5 Å². The molecule has 0 saturated heterocycles. The van der Waals surface area contributed by atoms with E-state index in [1.807, 2.05) is 24.3 Å². The Hall–Kier alpha value is -2.30. The zero-order valence-corrected chi connectivity index (χ0v) is 12.4. The van der Waals surface area contributed by atoms with Gasteiger partial charge < -0.3 is 15.4 Å². The second-order valence-electron chi connectivity index (χ2n) is 5.54. The van der Waals surface area contributed by atoms with Gasteiger partial charge in [-0.3, -0.25) is 0 Å². The summed E-state index contributed by atoms with van der Waals surface area (Å²) < 4.78 is 5.79. The van der Waals surface area contributed by atoms with Crippen molar-refractivity contribution in [1.82, 2.24) is 9.97 Å². The number of anilines is 2. The molecule has 0 fully saturated rings. The first-order chi connectivity index (χ1) is 10.1. The largest absolute Gasteiger partial charge is 0.491 e. The van der Waals surface area contributed by atoms with Crippen LogP contribution in [0.2, 0.25) is 0 Å². The van der Waals surface area contributed by atoms with Gasteiger partial charge in [0.05, 0.1) is 6.54 Å². The van der Waals surface area contributed by atoms with Crippen LogP contribution >= 0.6 is 0 Å².